The van der Waals surface area contributed by atoms with E-state index >= 15 is 0 Å². The molecule has 0 unspecified atom stereocenters. The summed E-state index contributed by atoms with van der Waals surface area (Å²) in [5, 5.41) is 6.85. The van der Waals surface area contributed by atoms with Crippen molar-refractivity contribution in [2.45, 2.75) is 38.6 Å². The van der Waals surface area contributed by atoms with Crippen LogP contribution in [0.3, 0.4) is 0 Å². The largest absolute Gasteiger partial charge is 0.381 e. The zero-order chi connectivity index (χ0) is 19.8. The highest BCUT2D eigenvalue weighted by Crippen LogP contribution is 2.34. The van der Waals surface area contributed by atoms with E-state index in [9.17, 15) is 4.39 Å². The molecule has 0 amide bonds. The second-order valence-electron chi connectivity index (χ2n) is 7.44. The first-order valence-electron chi connectivity index (χ1n) is 10.0. The molecule has 2 aromatic rings. The lowest BCUT2D eigenvalue weighted by Gasteiger charge is -2.38. The van der Waals surface area contributed by atoms with Gasteiger partial charge in [0.25, 0.3) is 0 Å². The van der Waals surface area contributed by atoms with Crippen LogP contribution in [0.5, 0.6) is 0 Å². The molecule has 0 saturated carbocycles. The third-order valence-corrected chi connectivity index (χ3v) is 5.35. The SMILES string of the molecule is CCNC(=NCc1cccc(C)c1)NCC1(c2ccc(F)cc2)CCOCC1.I. The van der Waals surface area contributed by atoms with Crippen molar-refractivity contribution < 1.29 is 9.13 Å². The van der Waals surface area contributed by atoms with Crippen LogP contribution in [0.25, 0.3) is 0 Å². The number of guanidine groups is 1. The van der Waals surface area contributed by atoms with Crippen molar-refractivity contribution in [3.63, 3.8) is 0 Å². The van der Waals surface area contributed by atoms with Crippen molar-refractivity contribution in [1.82, 2.24) is 10.6 Å². The summed E-state index contributed by atoms with van der Waals surface area (Å²) < 4.78 is 19.0. The smallest absolute Gasteiger partial charge is 0.191 e. The highest BCUT2D eigenvalue weighted by Gasteiger charge is 2.34. The summed E-state index contributed by atoms with van der Waals surface area (Å²) in [5.74, 6) is 0.601. The molecule has 6 heteroatoms. The summed E-state index contributed by atoms with van der Waals surface area (Å²) >= 11 is 0. The molecule has 0 spiro atoms. The first-order valence-corrected chi connectivity index (χ1v) is 10.0. The number of halogens is 2. The zero-order valence-electron chi connectivity index (χ0n) is 17.2. The van der Waals surface area contributed by atoms with E-state index in [-0.39, 0.29) is 35.2 Å². The Hall–Kier alpha value is -1.67. The summed E-state index contributed by atoms with van der Waals surface area (Å²) in [6.07, 6.45) is 1.81. The average molecular weight is 511 g/mol. The minimum atomic E-state index is -0.202. The molecule has 2 aromatic carbocycles. The lowest BCUT2D eigenvalue weighted by atomic mass is 9.74. The molecule has 29 heavy (non-hydrogen) atoms. The van der Waals surface area contributed by atoms with Crippen LogP contribution in [-0.2, 0) is 16.7 Å². The van der Waals surface area contributed by atoms with Crippen molar-refractivity contribution in [1.29, 1.82) is 0 Å². The molecule has 0 aromatic heterocycles. The van der Waals surface area contributed by atoms with Gasteiger partial charge in [0, 0.05) is 31.7 Å². The third-order valence-electron chi connectivity index (χ3n) is 5.35. The highest BCUT2D eigenvalue weighted by molar-refractivity contribution is 14.0. The quantitative estimate of drug-likeness (QED) is 0.340. The third kappa shape index (κ3) is 6.67. The van der Waals surface area contributed by atoms with E-state index in [4.69, 9.17) is 9.73 Å². The molecule has 0 radical (unpaired) electrons. The van der Waals surface area contributed by atoms with Gasteiger partial charge in [-0.05, 0) is 49.9 Å². The van der Waals surface area contributed by atoms with Crippen LogP contribution >= 0.6 is 24.0 Å². The normalized spacial score (nSPS) is 16.0. The number of nitrogens with one attached hydrogen (secondary N) is 2. The zero-order valence-corrected chi connectivity index (χ0v) is 19.5. The van der Waals surface area contributed by atoms with E-state index in [2.05, 4.69) is 48.7 Å². The van der Waals surface area contributed by atoms with Crippen LogP contribution in [0.1, 0.15) is 36.5 Å². The van der Waals surface area contributed by atoms with E-state index in [0.717, 1.165) is 50.7 Å². The predicted molar refractivity (Wildman–Crippen MR) is 128 cm³/mol. The van der Waals surface area contributed by atoms with Crippen molar-refractivity contribution in [3.05, 3.63) is 71.0 Å². The second kappa shape index (κ2) is 11.5. The Morgan fingerprint density at radius 2 is 1.83 bits per heavy atom. The number of hydrogen-bond acceptors (Lipinski definition) is 2. The second-order valence-corrected chi connectivity index (χ2v) is 7.44. The number of benzene rings is 2. The Morgan fingerprint density at radius 3 is 2.48 bits per heavy atom. The van der Waals surface area contributed by atoms with Crippen molar-refractivity contribution in [2.75, 3.05) is 26.3 Å². The van der Waals surface area contributed by atoms with Gasteiger partial charge in [0.05, 0.1) is 6.54 Å². The molecule has 0 atom stereocenters. The van der Waals surface area contributed by atoms with Crippen LogP contribution in [0, 0.1) is 12.7 Å². The topological polar surface area (TPSA) is 45.7 Å². The highest BCUT2D eigenvalue weighted by atomic mass is 127. The molecule has 158 valence electrons. The van der Waals surface area contributed by atoms with Gasteiger partial charge in [0.2, 0.25) is 0 Å². The Bertz CT molecular complexity index is 789. The fraction of sp³-hybridized carbons (Fsp3) is 0.435. The Morgan fingerprint density at radius 1 is 1.10 bits per heavy atom. The predicted octanol–water partition coefficient (Wildman–Crippen LogP) is 4.56. The van der Waals surface area contributed by atoms with Crippen LogP contribution in [0.4, 0.5) is 4.39 Å². The van der Waals surface area contributed by atoms with Crippen LogP contribution < -0.4 is 10.6 Å². The van der Waals surface area contributed by atoms with E-state index in [1.54, 1.807) is 12.1 Å². The first-order chi connectivity index (χ1) is 13.6. The molecule has 1 saturated heterocycles. The maximum Gasteiger partial charge on any atom is 0.191 e. The molecule has 2 N–H and O–H groups in total. The molecule has 3 rings (SSSR count). The molecule has 4 nitrogen and oxygen atoms in total. The average Bonchev–Trinajstić information content (AvgIpc) is 2.71. The van der Waals surface area contributed by atoms with E-state index in [1.165, 1.54) is 11.1 Å². The first kappa shape index (κ1) is 23.6. The lowest BCUT2D eigenvalue weighted by molar-refractivity contribution is 0.0513. The van der Waals surface area contributed by atoms with E-state index in [0.29, 0.717) is 6.54 Å². The summed E-state index contributed by atoms with van der Waals surface area (Å²) in [6.45, 7) is 7.76. The minimum Gasteiger partial charge on any atom is -0.381 e. The summed E-state index contributed by atoms with van der Waals surface area (Å²) in [5.41, 5.74) is 3.50. The maximum atomic E-state index is 13.4. The Balaban J connectivity index is 0.00000300. The molecular formula is C23H31FIN3O. The fourth-order valence-electron chi connectivity index (χ4n) is 3.71. The van der Waals surface area contributed by atoms with Gasteiger partial charge in [-0.1, -0.05) is 42.0 Å². The van der Waals surface area contributed by atoms with Crippen LogP contribution in [-0.4, -0.2) is 32.3 Å². The van der Waals surface area contributed by atoms with Gasteiger partial charge < -0.3 is 15.4 Å². The number of rotatable bonds is 6. The lowest BCUT2D eigenvalue weighted by Crippen LogP contribution is -2.48. The van der Waals surface area contributed by atoms with Gasteiger partial charge in [0.15, 0.2) is 5.96 Å². The molecular weight excluding hydrogens is 480 g/mol. The monoisotopic (exact) mass is 511 g/mol. The number of aryl methyl sites for hydroxylation is 1. The fourth-order valence-corrected chi connectivity index (χ4v) is 3.71. The Kier molecular flexibility index (Phi) is 9.36. The standard InChI is InChI=1S/C23H30FN3O.HI/c1-3-25-22(26-16-19-6-4-5-18(2)15-19)27-17-23(11-13-28-14-12-23)20-7-9-21(24)10-8-20;/h4-10,15H,3,11-14,16-17H2,1-2H3,(H2,25,26,27);1H. The Labute approximate surface area is 190 Å². The van der Waals surface area contributed by atoms with Crippen molar-refractivity contribution >= 4 is 29.9 Å². The van der Waals surface area contributed by atoms with Crippen molar-refractivity contribution in [3.8, 4) is 0 Å². The van der Waals surface area contributed by atoms with Gasteiger partial charge in [-0.25, -0.2) is 9.38 Å². The number of hydrogen-bond donors (Lipinski definition) is 2. The molecule has 1 heterocycles. The number of aliphatic imine (C=N–C) groups is 1. The van der Waals surface area contributed by atoms with Gasteiger partial charge in [-0.2, -0.15) is 0 Å². The molecule has 1 aliphatic rings. The van der Waals surface area contributed by atoms with Gasteiger partial charge in [0.1, 0.15) is 5.82 Å². The number of nitrogens with zero attached hydrogens (tertiary/aromatic N) is 1. The minimum absolute atomic E-state index is 0. The van der Waals surface area contributed by atoms with Gasteiger partial charge >= 0.3 is 0 Å². The summed E-state index contributed by atoms with van der Waals surface area (Å²) in [6, 6.07) is 15.3. The van der Waals surface area contributed by atoms with E-state index < -0.39 is 0 Å². The molecule has 1 fully saturated rings. The summed E-state index contributed by atoms with van der Waals surface area (Å²) in [4.78, 5) is 4.75. The van der Waals surface area contributed by atoms with E-state index in [1.807, 2.05) is 12.1 Å². The maximum absolute atomic E-state index is 13.4. The number of ether oxygens (including phenoxy) is 1. The summed E-state index contributed by atoms with van der Waals surface area (Å²) in [7, 11) is 0. The van der Waals surface area contributed by atoms with Gasteiger partial charge in [-0.15, -0.1) is 24.0 Å². The molecule has 0 aliphatic carbocycles. The van der Waals surface area contributed by atoms with Gasteiger partial charge in [-0.3, -0.25) is 0 Å². The molecule has 0 bridgehead atoms. The van der Waals surface area contributed by atoms with Crippen LogP contribution in [0.15, 0.2) is 53.5 Å². The van der Waals surface area contributed by atoms with Crippen LogP contribution in [0.2, 0.25) is 0 Å². The molecule has 1 aliphatic heterocycles. The van der Waals surface area contributed by atoms with Crippen molar-refractivity contribution in [2.24, 2.45) is 4.99 Å².